The zero-order valence-electron chi connectivity index (χ0n) is 19.3. The molecule has 2 N–H and O–H groups in total. The number of hydrogen-bond acceptors (Lipinski definition) is 5. The van der Waals surface area contributed by atoms with Crippen molar-refractivity contribution in [3.63, 3.8) is 0 Å². The summed E-state index contributed by atoms with van der Waals surface area (Å²) in [6.07, 6.45) is -0.302. The standard InChI is InChI=1S/C21H28N4O3.C2HF3O2/c1-27-15-18-8-5-10-25(18)21(26)22-12-19-20-17(9-11-28-19)14-24(23-20)13-16-6-3-2-4-7-16;3-2(4,5)1(6)7/h2-4,6-7,14,18-19H,5,8-13,15H2,1H3,(H,22,26);(H,6,7). The van der Waals surface area contributed by atoms with Gasteiger partial charge in [-0.3, -0.25) is 4.68 Å². The highest BCUT2D eigenvalue weighted by atomic mass is 19.4. The van der Waals surface area contributed by atoms with Crippen molar-refractivity contribution in [2.45, 2.75) is 44.1 Å². The third kappa shape index (κ3) is 7.43. The van der Waals surface area contributed by atoms with Crippen LogP contribution in [0.1, 0.15) is 35.8 Å². The highest BCUT2D eigenvalue weighted by Gasteiger charge is 2.38. The molecule has 2 aliphatic heterocycles. The smallest absolute Gasteiger partial charge is 0.475 e. The number of amides is 2. The molecular formula is C23H29F3N4O5. The number of alkyl halides is 3. The van der Waals surface area contributed by atoms with Crippen LogP contribution in [0, 0.1) is 0 Å². The monoisotopic (exact) mass is 498 g/mol. The number of methoxy groups -OCH3 is 1. The summed E-state index contributed by atoms with van der Waals surface area (Å²) in [5.41, 5.74) is 3.36. The number of hydrogen-bond donors (Lipinski definition) is 2. The molecule has 2 aromatic rings. The van der Waals surface area contributed by atoms with E-state index in [0.29, 0.717) is 19.8 Å². The average Bonchev–Trinajstić information content (AvgIpc) is 3.45. The van der Waals surface area contributed by atoms with Crippen LogP contribution in [0.4, 0.5) is 18.0 Å². The third-order valence-electron chi connectivity index (χ3n) is 5.73. The predicted octanol–water partition coefficient (Wildman–Crippen LogP) is 3.00. The van der Waals surface area contributed by atoms with Crippen LogP contribution >= 0.6 is 0 Å². The summed E-state index contributed by atoms with van der Waals surface area (Å²) < 4.78 is 44.9. The van der Waals surface area contributed by atoms with Crippen LogP contribution in [-0.4, -0.2) is 77.4 Å². The summed E-state index contributed by atoms with van der Waals surface area (Å²) in [7, 11) is 1.68. The first-order valence-corrected chi connectivity index (χ1v) is 11.2. The van der Waals surface area contributed by atoms with Gasteiger partial charge in [-0.1, -0.05) is 30.3 Å². The Hall–Kier alpha value is -3.12. The molecular weight excluding hydrogens is 469 g/mol. The van der Waals surface area contributed by atoms with Gasteiger partial charge < -0.3 is 24.8 Å². The zero-order valence-corrected chi connectivity index (χ0v) is 19.3. The number of fused-ring (bicyclic) bond motifs is 1. The Morgan fingerprint density at radius 2 is 2.00 bits per heavy atom. The molecule has 1 aromatic carbocycles. The maximum absolute atomic E-state index is 12.6. The average molecular weight is 499 g/mol. The Morgan fingerprint density at radius 1 is 1.29 bits per heavy atom. The topological polar surface area (TPSA) is 106 Å². The van der Waals surface area contributed by atoms with Crippen molar-refractivity contribution in [2.75, 3.05) is 33.4 Å². The minimum absolute atomic E-state index is 0.0426. The molecule has 1 fully saturated rings. The molecule has 2 aliphatic rings. The Labute approximate surface area is 200 Å². The number of nitrogens with one attached hydrogen (secondary N) is 1. The minimum Gasteiger partial charge on any atom is -0.475 e. The summed E-state index contributed by atoms with van der Waals surface area (Å²) in [6, 6.07) is 10.4. The molecule has 0 bridgehead atoms. The van der Waals surface area contributed by atoms with Crippen LogP contribution in [0.25, 0.3) is 0 Å². The van der Waals surface area contributed by atoms with Gasteiger partial charge in [0, 0.05) is 19.9 Å². The van der Waals surface area contributed by atoms with E-state index in [1.54, 1.807) is 7.11 Å². The molecule has 12 heteroatoms. The molecule has 2 amide bonds. The van der Waals surface area contributed by atoms with Gasteiger partial charge in [0.2, 0.25) is 0 Å². The molecule has 9 nitrogen and oxygen atoms in total. The number of rotatable bonds is 6. The van der Waals surface area contributed by atoms with Gasteiger partial charge in [-0.25, -0.2) is 9.59 Å². The molecule has 3 heterocycles. The molecule has 2 atom stereocenters. The molecule has 0 saturated carbocycles. The number of carbonyl (C=O) groups is 2. The van der Waals surface area contributed by atoms with Crippen LogP contribution in [0.3, 0.4) is 0 Å². The van der Waals surface area contributed by atoms with Crippen LogP contribution in [0.15, 0.2) is 36.5 Å². The van der Waals surface area contributed by atoms with E-state index >= 15 is 0 Å². The lowest BCUT2D eigenvalue weighted by atomic mass is 10.1. The molecule has 0 radical (unpaired) electrons. The van der Waals surface area contributed by atoms with E-state index in [1.807, 2.05) is 27.8 Å². The lowest BCUT2D eigenvalue weighted by Crippen LogP contribution is -2.46. The predicted molar refractivity (Wildman–Crippen MR) is 119 cm³/mol. The number of likely N-dealkylation sites (tertiary alicyclic amines) is 1. The fourth-order valence-electron chi connectivity index (χ4n) is 4.09. The Morgan fingerprint density at radius 3 is 2.66 bits per heavy atom. The number of benzene rings is 1. The van der Waals surface area contributed by atoms with Gasteiger partial charge in [0.25, 0.3) is 0 Å². The molecule has 0 spiro atoms. The number of carboxylic acid groups (broad SMARTS) is 1. The van der Waals surface area contributed by atoms with Crippen molar-refractivity contribution in [3.8, 4) is 0 Å². The second-order valence-corrected chi connectivity index (χ2v) is 8.27. The van der Waals surface area contributed by atoms with Gasteiger partial charge in [0.1, 0.15) is 6.10 Å². The number of urea groups is 1. The van der Waals surface area contributed by atoms with Crippen LogP contribution < -0.4 is 5.32 Å². The van der Waals surface area contributed by atoms with Crippen LogP contribution in [0.5, 0.6) is 0 Å². The normalized spacial score (nSPS) is 19.5. The highest BCUT2D eigenvalue weighted by molar-refractivity contribution is 5.75. The molecule has 1 saturated heterocycles. The van der Waals surface area contributed by atoms with E-state index in [-0.39, 0.29) is 18.2 Å². The molecule has 4 rings (SSSR count). The number of aliphatic carboxylic acids is 1. The molecule has 192 valence electrons. The van der Waals surface area contributed by atoms with Crippen LogP contribution in [0.2, 0.25) is 0 Å². The molecule has 0 aliphatic carbocycles. The number of nitrogens with zero attached hydrogens (tertiary/aromatic N) is 3. The lowest BCUT2D eigenvalue weighted by Gasteiger charge is -2.27. The Balaban J connectivity index is 0.000000429. The van der Waals surface area contributed by atoms with Crippen molar-refractivity contribution in [2.24, 2.45) is 0 Å². The third-order valence-corrected chi connectivity index (χ3v) is 5.73. The van der Waals surface area contributed by atoms with Crippen molar-refractivity contribution < 1.29 is 37.3 Å². The summed E-state index contributed by atoms with van der Waals surface area (Å²) in [5, 5.41) is 14.9. The number of aromatic nitrogens is 2. The van der Waals surface area contributed by atoms with Crippen molar-refractivity contribution in [1.29, 1.82) is 0 Å². The summed E-state index contributed by atoms with van der Waals surface area (Å²) in [5.74, 6) is -2.76. The fraction of sp³-hybridized carbons (Fsp3) is 0.522. The summed E-state index contributed by atoms with van der Waals surface area (Å²) >= 11 is 0. The second-order valence-electron chi connectivity index (χ2n) is 8.27. The molecule has 35 heavy (non-hydrogen) atoms. The van der Waals surface area contributed by atoms with E-state index in [1.165, 1.54) is 11.1 Å². The number of ether oxygens (including phenoxy) is 2. The maximum Gasteiger partial charge on any atom is 0.490 e. The first-order valence-electron chi connectivity index (χ1n) is 11.2. The fourth-order valence-corrected chi connectivity index (χ4v) is 4.09. The first kappa shape index (κ1) is 26.5. The SMILES string of the molecule is COCC1CCCN1C(=O)NCC1OCCc2cn(Cc3ccccc3)nc21.O=C(O)C(F)(F)F. The van der Waals surface area contributed by atoms with Gasteiger partial charge in [0.15, 0.2) is 0 Å². The van der Waals surface area contributed by atoms with E-state index in [9.17, 15) is 18.0 Å². The van der Waals surface area contributed by atoms with Crippen molar-refractivity contribution in [1.82, 2.24) is 20.0 Å². The van der Waals surface area contributed by atoms with Gasteiger partial charge >= 0.3 is 18.2 Å². The highest BCUT2D eigenvalue weighted by Crippen LogP contribution is 2.26. The number of carbonyl (C=O) groups excluding carboxylic acids is 1. The summed E-state index contributed by atoms with van der Waals surface area (Å²) in [4.78, 5) is 23.4. The quantitative estimate of drug-likeness (QED) is 0.635. The molecule has 2 unspecified atom stereocenters. The lowest BCUT2D eigenvalue weighted by molar-refractivity contribution is -0.192. The zero-order chi connectivity index (χ0) is 25.4. The van der Waals surface area contributed by atoms with Crippen molar-refractivity contribution >= 4 is 12.0 Å². The number of halogens is 3. The van der Waals surface area contributed by atoms with E-state index in [4.69, 9.17) is 24.5 Å². The van der Waals surface area contributed by atoms with E-state index < -0.39 is 12.1 Å². The van der Waals surface area contributed by atoms with Crippen molar-refractivity contribution in [3.05, 3.63) is 53.3 Å². The Bertz CT molecular complexity index is 983. The minimum atomic E-state index is -5.08. The van der Waals surface area contributed by atoms with Gasteiger partial charge in [0.05, 0.1) is 38.0 Å². The Kier molecular flexibility index (Phi) is 9.10. The summed E-state index contributed by atoms with van der Waals surface area (Å²) in [6.45, 7) is 3.19. The van der Waals surface area contributed by atoms with E-state index in [2.05, 4.69) is 23.6 Å². The first-order chi connectivity index (χ1) is 16.7. The van der Waals surface area contributed by atoms with Gasteiger partial charge in [-0.05, 0) is 30.4 Å². The largest absolute Gasteiger partial charge is 0.490 e. The second kappa shape index (κ2) is 12.0. The van der Waals surface area contributed by atoms with Gasteiger partial charge in [-0.15, -0.1) is 0 Å². The number of carboxylic acids is 1. The van der Waals surface area contributed by atoms with Crippen LogP contribution in [-0.2, 0) is 27.2 Å². The maximum atomic E-state index is 12.6. The molecule has 1 aromatic heterocycles. The van der Waals surface area contributed by atoms with Gasteiger partial charge in [-0.2, -0.15) is 18.3 Å². The van der Waals surface area contributed by atoms with E-state index in [0.717, 1.165) is 38.0 Å².